The summed E-state index contributed by atoms with van der Waals surface area (Å²) in [6.07, 6.45) is 3.78. The number of hydrogen-bond donors (Lipinski definition) is 0. The summed E-state index contributed by atoms with van der Waals surface area (Å²) >= 11 is 0. The molecule has 0 aliphatic heterocycles. The van der Waals surface area contributed by atoms with Crippen molar-refractivity contribution in [3.05, 3.63) is 60.0 Å². The summed E-state index contributed by atoms with van der Waals surface area (Å²) < 4.78 is 1.81. The van der Waals surface area contributed by atoms with E-state index in [1.165, 1.54) is 5.56 Å². The molecule has 1 aromatic carbocycles. The highest BCUT2D eigenvalue weighted by Crippen LogP contribution is 2.21. The van der Waals surface area contributed by atoms with Gasteiger partial charge in [-0.3, -0.25) is 4.68 Å². The van der Waals surface area contributed by atoms with Crippen molar-refractivity contribution in [2.75, 3.05) is 11.9 Å². The van der Waals surface area contributed by atoms with Crippen molar-refractivity contribution in [2.45, 2.75) is 13.5 Å². The van der Waals surface area contributed by atoms with Crippen LogP contribution in [0.25, 0.3) is 11.3 Å². The van der Waals surface area contributed by atoms with E-state index in [0.29, 0.717) is 5.95 Å². The molecular formula is C17H19N5. The number of anilines is 1. The monoisotopic (exact) mass is 293 g/mol. The molecular weight excluding hydrogens is 274 g/mol. The normalized spacial score (nSPS) is 10.7. The highest BCUT2D eigenvalue weighted by atomic mass is 15.3. The van der Waals surface area contributed by atoms with E-state index in [9.17, 15) is 0 Å². The third-order valence-electron chi connectivity index (χ3n) is 3.54. The molecule has 3 aromatic rings. The third kappa shape index (κ3) is 2.98. The van der Waals surface area contributed by atoms with Crippen molar-refractivity contribution >= 4 is 5.95 Å². The fourth-order valence-corrected chi connectivity index (χ4v) is 2.46. The Morgan fingerprint density at radius 3 is 2.59 bits per heavy atom. The maximum atomic E-state index is 4.67. The smallest absolute Gasteiger partial charge is 0.225 e. The van der Waals surface area contributed by atoms with Crippen LogP contribution < -0.4 is 4.90 Å². The zero-order chi connectivity index (χ0) is 15.5. The first-order valence-electron chi connectivity index (χ1n) is 7.22. The minimum absolute atomic E-state index is 0.713. The molecule has 0 atom stereocenters. The first kappa shape index (κ1) is 14.3. The quantitative estimate of drug-likeness (QED) is 0.742. The van der Waals surface area contributed by atoms with Crippen molar-refractivity contribution < 1.29 is 0 Å². The van der Waals surface area contributed by atoms with E-state index in [1.807, 2.05) is 56.4 Å². The van der Waals surface area contributed by atoms with Gasteiger partial charge in [0.05, 0.1) is 11.4 Å². The Balaban J connectivity index is 1.86. The van der Waals surface area contributed by atoms with Crippen LogP contribution in [-0.4, -0.2) is 26.8 Å². The Morgan fingerprint density at radius 1 is 1.14 bits per heavy atom. The Bertz CT molecular complexity index is 764. The van der Waals surface area contributed by atoms with Crippen LogP contribution >= 0.6 is 0 Å². The molecule has 0 aliphatic rings. The van der Waals surface area contributed by atoms with Crippen molar-refractivity contribution in [2.24, 2.45) is 7.05 Å². The topological polar surface area (TPSA) is 46.8 Å². The van der Waals surface area contributed by atoms with Gasteiger partial charge in [-0.1, -0.05) is 30.3 Å². The maximum absolute atomic E-state index is 4.67. The van der Waals surface area contributed by atoms with Gasteiger partial charge in [0.1, 0.15) is 0 Å². The summed E-state index contributed by atoms with van der Waals surface area (Å²) in [5, 5.41) is 4.37. The summed E-state index contributed by atoms with van der Waals surface area (Å²) in [7, 11) is 3.92. The standard InChI is InChI=1S/C17H19N5/c1-13-15(12-22(3)20-13)16-9-10-18-17(19-16)21(2)11-14-7-5-4-6-8-14/h4-10,12H,11H2,1-3H3. The molecule has 0 amide bonds. The van der Waals surface area contributed by atoms with Gasteiger partial charge in [-0.25, -0.2) is 9.97 Å². The van der Waals surface area contributed by atoms with Gasteiger partial charge in [-0.15, -0.1) is 0 Å². The second-order valence-electron chi connectivity index (χ2n) is 5.39. The van der Waals surface area contributed by atoms with Crippen LogP contribution in [0.1, 0.15) is 11.3 Å². The van der Waals surface area contributed by atoms with Crippen molar-refractivity contribution in [3.8, 4) is 11.3 Å². The molecule has 0 bridgehead atoms. The summed E-state index contributed by atoms with van der Waals surface area (Å²) in [5.74, 6) is 0.713. The number of rotatable bonds is 4. The second-order valence-corrected chi connectivity index (χ2v) is 5.39. The van der Waals surface area contributed by atoms with Crippen LogP contribution in [0.2, 0.25) is 0 Å². The Kier molecular flexibility index (Phi) is 3.87. The van der Waals surface area contributed by atoms with Crippen LogP contribution in [0.4, 0.5) is 5.95 Å². The molecule has 112 valence electrons. The number of nitrogens with zero attached hydrogens (tertiary/aromatic N) is 5. The molecule has 0 unspecified atom stereocenters. The summed E-state index contributed by atoms with van der Waals surface area (Å²) in [4.78, 5) is 11.1. The van der Waals surface area contributed by atoms with E-state index in [0.717, 1.165) is 23.5 Å². The zero-order valence-corrected chi connectivity index (χ0v) is 13.1. The number of benzene rings is 1. The molecule has 0 saturated carbocycles. The molecule has 5 heteroatoms. The van der Waals surface area contributed by atoms with E-state index < -0.39 is 0 Å². The number of aryl methyl sites for hydroxylation is 2. The molecule has 0 saturated heterocycles. The molecule has 0 aliphatic carbocycles. The Labute approximate surface area is 130 Å². The van der Waals surface area contributed by atoms with Crippen molar-refractivity contribution in [1.82, 2.24) is 19.7 Å². The lowest BCUT2D eigenvalue weighted by Crippen LogP contribution is -2.19. The first-order chi connectivity index (χ1) is 10.6. The molecule has 0 fully saturated rings. The molecule has 0 radical (unpaired) electrons. The van der Waals surface area contributed by atoms with Crippen LogP contribution in [0.15, 0.2) is 48.8 Å². The highest BCUT2D eigenvalue weighted by Gasteiger charge is 2.11. The van der Waals surface area contributed by atoms with Crippen LogP contribution in [0.5, 0.6) is 0 Å². The third-order valence-corrected chi connectivity index (χ3v) is 3.54. The fourth-order valence-electron chi connectivity index (χ4n) is 2.46. The lowest BCUT2D eigenvalue weighted by Gasteiger charge is -2.17. The molecule has 3 rings (SSSR count). The van der Waals surface area contributed by atoms with E-state index in [-0.39, 0.29) is 0 Å². The summed E-state index contributed by atoms with van der Waals surface area (Å²) in [5.41, 5.74) is 4.14. The van der Waals surface area contributed by atoms with Crippen LogP contribution in [0, 0.1) is 6.92 Å². The minimum Gasteiger partial charge on any atom is -0.340 e. The van der Waals surface area contributed by atoms with Crippen molar-refractivity contribution in [1.29, 1.82) is 0 Å². The van der Waals surface area contributed by atoms with Gasteiger partial charge in [0.15, 0.2) is 0 Å². The second kappa shape index (κ2) is 5.97. The van der Waals surface area contributed by atoms with E-state index >= 15 is 0 Å². The Hall–Kier alpha value is -2.69. The van der Waals surface area contributed by atoms with Gasteiger partial charge in [0.2, 0.25) is 5.95 Å². The molecule has 0 N–H and O–H groups in total. The Morgan fingerprint density at radius 2 is 1.91 bits per heavy atom. The minimum atomic E-state index is 0.713. The van der Waals surface area contributed by atoms with Gasteiger partial charge >= 0.3 is 0 Å². The number of hydrogen-bond acceptors (Lipinski definition) is 4. The predicted octanol–water partition coefficient (Wildman–Crippen LogP) is 2.82. The first-order valence-corrected chi connectivity index (χ1v) is 7.22. The van der Waals surface area contributed by atoms with Gasteiger partial charge in [-0.2, -0.15) is 5.10 Å². The SMILES string of the molecule is Cc1nn(C)cc1-c1ccnc(N(C)Cc2ccccc2)n1. The average Bonchev–Trinajstić information content (AvgIpc) is 2.87. The molecule has 0 spiro atoms. The number of aromatic nitrogens is 4. The van der Waals surface area contributed by atoms with Crippen molar-refractivity contribution in [3.63, 3.8) is 0 Å². The molecule has 22 heavy (non-hydrogen) atoms. The van der Waals surface area contributed by atoms with Gasteiger partial charge in [0.25, 0.3) is 0 Å². The van der Waals surface area contributed by atoms with Crippen LogP contribution in [0.3, 0.4) is 0 Å². The average molecular weight is 293 g/mol. The maximum Gasteiger partial charge on any atom is 0.225 e. The lowest BCUT2D eigenvalue weighted by molar-refractivity contribution is 0.756. The van der Waals surface area contributed by atoms with Gasteiger partial charge in [-0.05, 0) is 18.6 Å². The summed E-state index contributed by atoms with van der Waals surface area (Å²) in [6, 6.07) is 12.2. The largest absolute Gasteiger partial charge is 0.340 e. The molecule has 2 heterocycles. The fraction of sp³-hybridized carbons (Fsp3) is 0.235. The van der Waals surface area contributed by atoms with E-state index in [4.69, 9.17) is 0 Å². The molecule has 5 nitrogen and oxygen atoms in total. The van der Waals surface area contributed by atoms with Gasteiger partial charge < -0.3 is 4.90 Å². The van der Waals surface area contributed by atoms with Gasteiger partial charge in [0, 0.05) is 38.6 Å². The lowest BCUT2D eigenvalue weighted by atomic mass is 10.2. The molecule has 2 aromatic heterocycles. The summed E-state index contributed by atoms with van der Waals surface area (Å²) in [6.45, 7) is 2.76. The van der Waals surface area contributed by atoms with E-state index in [2.05, 4.69) is 27.2 Å². The predicted molar refractivity (Wildman–Crippen MR) is 87.5 cm³/mol. The highest BCUT2D eigenvalue weighted by molar-refractivity contribution is 5.61. The zero-order valence-electron chi connectivity index (χ0n) is 13.1. The van der Waals surface area contributed by atoms with E-state index in [1.54, 1.807) is 10.9 Å². The van der Waals surface area contributed by atoms with Crippen LogP contribution in [-0.2, 0) is 13.6 Å².